The number of carbonyl (C=O) groups is 2. The van der Waals surface area contributed by atoms with E-state index in [1.54, 1.807) is 11.9 Å². The Morgan fingerprint density at radius 2 is 1.94 bits per heavy atom. The van der Waals surface area contributed by atoms with E-state index < -0.39 is 12.2 Å². The monoisotopic (exact) mass is 442 g/mol. The lowest BCUT2D eigenvalue weighted by Crippen LogP contribution is -2.67. The van der Waals surface area contributed by atoms with Crippen molar-refractivity contribution in [2.75, 3.05) is 26.8 Å². The number of imide groups is 1. The van der Waals surface area contributed by atoms with E-state index in [0.29, 0.717) is 19.8 Å². The molecule has 1 aromatic rings. The molecule has 4 unspecified atom stereocenters. The van der Waals surface area contributed by atoms with Gasteiger partial charge in [0.05, 0.1) is 31.4 Å². The van der Waals surface area contributed by atoms with Gasteiger partial charge in [-0.2, -0.15) is 5.10 Å². The van der Waals surface area contributed by atoms with Crippen LogP contribution in [-0.2, 0) is 16.1 Å². The lowest BCUT2D eigenvalue weighted by Gasteiger charge is -2.45. The SMILES string of the molecule is CCOCCN1N=C(C)C(C)N2C3C(=O)N(Cc4cc(C)ccc4C)C(=O)N(C)C3NC12. The molecule has 1 N–H and O–H groups in total. The number of carbonyl (C=O) groups excluding carboxylic acids is 2. The van der Waals surface area contributed by atoms with Gasteiger partial charge in [-0.1, -0.05) is 23.8 Å². The van der Waals surface area contributed by atoms with E-state index in [9.17, 15) is 9.59 Å². The van der Waals surface area contributed by atoms with E-state index in [0.717, 1.165) is 22.4 Å². The zero-order chi connectivity index (χ0) is 23.2. The number of hydrazone groups is 1. The molecular weight excluding hydrogens is 408 g/mol. The third-order valence-corrected chi connectivity index (χ3v) is 6.81. The number of hydrogen-bond donors (Lipinski definition) is 1. The van der Waals surface area contributed by atoms with Crippen LogP contribution < -0.4 is 5.32 Å². The highest BCUT2D eigenvalue weighted by molar-refractivity contribution is 6.01. The molecule has 4 rings (SSSR count). The summed E-state index contributed by atoms with van der Waals surface area (Å²) in [6.07, 6.45) is -0.683. The Hall–Kier alpha value is -2.49. The van der Waals surface area contributed by atoms with Crippen molar-refractivity contribution in [1.29, 1.82) is 0 Å². The van der Waals surface area contributed by atoms with Gasteiger partial charge in [-0.3, -0.25) is 20.0 Å². The van der Waals surface area contributed by atoms with Gasteiger partial charge in [-0.25, -0.2) is 9.69 Å². The Labute approximate surface area is 190 Å². The summed E-state index contributed by atoms with van der Waals surface area (Å²) in [4.78, 5) is 32.2. The number of nitrogens with one attached hydrogen (secondary N) is 1. The van der Waals surface area contributed by atoms with Crippen LogP contribution in [0.5, 0.6) is 0 Å². The summed E-state index contributed by atoms with van der Waals surface area (Å²) >= 11 is 0. The predicted molar refractivity (Wildman–Crippen MR) is 122 cm³/mol. The molecule has 4 atom stereocenters. The lowest BCUT2D eigenvalue weighted by atomic mass is 10.0. The third kappa shape index (κ3) is 3.78. The maximum absolute atomic E-state index is 13.8. The molecule has 3 aliphatic heterocycles. The second-order valence-electron chi connectivity index (χ2n) is 8.90. The molecule has 174 valence electrons. The number of ether oxygens (including phenoxy) is 1. The minimum atomic E-state index is -0.483. The topological polar surface area (TPSA) is 80.7 Å². The summed E-state index contributed by atoms with van der Waals surface area (Å²) in [5, 5.41) is 10.2. The van der Waals surface area contributed by atoms with Gasteiger partial charge in [-0.05, 0) is 45.7 Å². The fourth-order valence-corrected chi connectivity index (χ4v) is 4.81. The van der Waals surface area contributed by atoms with Crippen molar-refractivity contribution in [3.63, 3.8) is 0 Å². The van der Waals surface area contributed by atoms with E-state index in [-0.39, 0.29) is 30.8 Å². The molecule has 32 heavy (non-hydrogen) atoms. The Kier molecular flexibility index (Phi) is 6.24. The van der Waals surface area contributed by atoms with Gasteiger partial charge in [-0.15, -0.1) is 0 Å². The van der Waals surface area contributed by atoms with Crippen molar-refractivity contribution in [3.8, 4) is 0 Å². The number of rotatable bonds is 6. The number of benzene rings is 1. The van der Waals surface area contributed by atoms with Crippen molar-refractivity contribution in [1.82, 2.24) is 25.0 Å². The van der Waals surface area contributed by atoms with Crippen LogP contribution in [0.4, 0.5) is 4.79 Å². The first-order valence-corrected chi connectivity index (χ1v) is 11.3. The number of fused-ring (bicyclic) bond motifs is 3. The molecule has 0 bridgehead atoms. The van der Waals surface area contributed by atoms with E-state index in [1.807, 2.05) is 50.9 Å². The molecule has 1 aromatic carbocycles. The van der Waals surface area contributed by atoms with Gasteiger partial charge >= 0.3 is 6.03 Å². The minimum absolute atomic E-state index is 0.0287. The molecular formula is C23H34N6O3. The molecule has 0 aliphatic carbocycles. The standard InChI is InChI=1S/C23H34N6O3/c1-7-32-11-10-28-22-24-20-19(29(22)17(5)16(4)25-28)21(30)27(23(31)26(20)6)13-18-12-14(2)8-9-15(18)3/h8-9,12,17,19-20,22,24H,7,10-11,13H2,1-6H3. The van der Waals surface area contributed by atoms with Crippen LogP contribution >= 0.6 is 0 Å². The molecule has 0 spiro atoms. The maximum Gasteiger partial charge on any atom is 0.328 e. The highest BCUT2D eigenvalue weighted by Gasteiger charge is 2.57. The van der Waals surface area contributed by atoms with Gasteiger partial charge < -0.3 is 9.64 Å². The Morgan fingerprint density at radius 1 is 1.19 bits per heavy atom. The minimum Gasteiger partial charge on any atom is -0.380 e. The summed E-state index contributed by atoms with van der Waals surface area (Å²) in [5.74, 6) is -0.166. The molecule has 2 fully saturated rings. The summed E-state index contributed by atoms with van der Waals surface area (Å²) in [5.41, 5.74) is 4.11. The molecule has 2 saturated heterocycles. The van der Waals surface area contributed by atoms with Crippen molar-refractivity contribution in [2.24, 2.45) is 5.10 Å². The molecule has 3 aliphatic rings. The van der Waals surface area contributed by atoms with E-state index in [2.05, 4.69) is 17.1 Å². The normalized spacial score (nSPS) is 28.2. The zero-order valence-corrected chi connectivity index (χ0v) is 19.8. The fourth-order valence-electron chi connectivity index (χ4n) is 4.81. The van der Waals surface area contributed by atoms with Crippen LogP contribution in [0.25, 0.3) is 0 Å². The Bertz CT molecular complexity index is 934. The van der Waals surface area contributed by atoms with Gasteiger partial charge in [0, 0.05) is 13.7 Å². The average Bonchev–Trinajstić information content (AvgIpc) is 3.17. The first-order valence-electron chi connectivity index (χ1n) is 11.3. The number of nitrogens with zero attached hydrogens (tertiary/aromatic N) is 5. The van der Waals surface area contributed by atoms with E-state index in [1.165, 1.54) is 4.90 Å². The second kappa shape index (κ2) is 8.80. The van der Waals surface area contributed by atoms with Crippen molar-refractivity contribution in [3.05, 3.63) is 34.9 Å². The molecule has 3 amide bonds. The third-order valence-electron chi connectivity index (χ3n) is 6.81. The van der Waals surface area contributed by atoms with Crippen LogP contribution in [0.15, 0.2) is 23.3 Å². The Balaban J connectivity index is 1.63. The van der Waals surface area contributed by atoms with Gasteiger partial charge in [0.2, 0.25) is 0 Å². The highest BCUT2D eigenvalue weighted by atomic mass is 16.5. The Morgan fingerprint density at radius 3 is 2.66 bits per heavy atom. The average molecular weight is 443 g/mol. The van der Waals surface area contributed by atoms with Crippen molar-refractivity contribution < 1.29 is 14.3 Å². The molecule has 0 aromatic heterocycles. The molecule has 9 heteroatoms. The number of aryl methyl sites for hydroxylation is 2. The van der Waals surface area contributed by atoms with Crippen LogP contribution in [0.1, 0.15) is 37.5 Å². The quantitative estimate of drug-likeness (QED) is 0.676. The largest absolute Gasteiger partial charge is 0.380 e. The first kappa shape index (κ1) is 22.7. The molecule has 0 saturated carbocycles. The van der Waals surface area contributed by atoms with Crippen LogP contribution in [-0.4, -0.2) is 88.7 Å². The molecule has 9 nitrogen and oxygen atoms in total. The summed E-state index contributed by atoms with van der Waals surface area (Å²) in [6, 6.07) is 5.33. The number of hydrogen-bond acceptors (Lipinski definition) is 7. The smallest absolute Gasteiger partial charge is 0.328 e. The zero-order valence-electron chi connectivity index (χ0n) is 19.8. The van der Waals surface area contributed by atoms with E-state index in [4.69, 9.17) is 9.84 Å². The van der Waals surface area contributed by atoms with Crippen LogP contribution in [0.3, 0.4) is 0 Å². The number of likely N-dealkylation sites (N-methyl/N-ethyl adjacent to an activating group) is 1. The van der Waals surface area contributed by atoms with Gasteiger partial charge in [0.15, 0.2) is 6.29 Å². The highest BCUT2D eigenvalue weighted by Crippen LogP contribution is 2.33. The first-order chi connectivity index (χ1) is 15.2. The summed E-state index contributed by atoms with van der Waals surface area (Å²) < 4.78 is 5.53. The van der Waals surface area contributed by atoms with Crippen molar-refractivity contribution >= 4 is 17.6 Å². The maximum atomic E-state index is 13.8. The van der Waals surface area contributed by atoms with E-state index >= 15 is 0 Å². The van der Waals surface area contributed by atoms with Crippen molar-refractivity contribution in [2.45, 2.75) is 65.7 Å². The van der Waals surface area contributed by atoms with Gasteiger partial charge in [0.1, 0.15) is 12.2 Å². The summed E-state index contributed by atoms with van der Waals surface area (Å²) in [6.45, 7) is 12.1. The predicted octanol–water partition coefficient (Wildman–Crippen LogP) is 1.70. The van der Waals surface area contributed by atoms with Gasteiger partial charge in [0.25, 0.3) is 5.91 Å². The number of amides is 3. The summed E-state index contributed by atoms with van der Waals surface area (Å²) in [7, 11) is 1.76. The molecule has 0 radical (unpaired) electrons. The lowest BCUT2D eigenvalue weighted by molar-refractivity contribution is -0.140. The van der Waals surface area contributed by atoms with Crippen LogP contribution in [0.2, 0.25) is 0 Å². The van der Waals surface area contributed by atoms with Crippen LogP contribution in [0, 0.1) is 13.8 Å². The fraction of sp³-hybridized carbons (Fsp3) is 0.609. The molecule has 3 heterocycles. The second-order valence-corrected chi connectivity index (χ2v) is 8.90. The number of urea groups is 1.